The largest absolute Gasteiger partial charge is 0.457 e. The lowest BCUT2D eigenvalue weighted by atomic mass is 10.2. The molecular weight excluding hydrogens is 478 g/mol. The summed E-state index contributed by atoms with van der Waals surface area (Å²) in [4.78, 5) is 24.7. The number of hydrogen-bond acceptors (Lipinski definition) is 9. The van der Waals surface area contributed by atoms with Gasteiger partial charge in [-0.3, -0.25) is 0 Å². The molecule has 0 aliphatic carbocycles. The van der Waals surface area contributed by atoms with Gasteiger partial charge in [0.25, 0.3) is 0 Å². The van der Waals surface area contributed by atoms with E-state index in [1.165, 1.54) is 6.33 Å². The topological polar surface area (TPSA) is 106 Å². The van der Waals surface area contributed by atoms with Gasteiger partial charge in [-0.05, 0) is 42.8 Å². The van der Waals surface area contributed by atoms with Crippen LogP contribution in [0, 0.1) is 6.92 Å². The van der Waals surface area contributed by atoms with Crippen LogP contribution in [0.1, 0.15) is 5.56 Å². The van der Waals surface area contributed by atoms with Gasteiger partial charge >= 0.3 is 0 Å². The molecule has 6 rings (SSSR count). The van der Waals surface area contributed by atoms with Gasteiger partial charge in [0, 0.05) is 45.0 Å². The summed E-state index contributed by atoms with van der Waals surface area (Å²) in [7, 11) is 1.98. The summed E-state index contributed by atoms with van der Waals surface area (Å²) in [5, 5.41) is 6.75. The van der Waals surface area contributed by atoms with E-state index in [2.05, 4.69) is 35.5 Å². The maximum atomic E-state index is 6.15. The van der Waals surface area contributed by atoms with Crippen LogP contribution in [0.4, 0.5) is 17.5 Å². The number of aromatic nitrogens is 6. The molecule has 0 unspecified atom stereocenters. The fourth-order valence-electron chi connectivity index (χ4n) is 4.24. The highest BCUT2D eigenvalue weighted by Gasteiger charge is 2.16. The molecular formula is C25H26ClN9O. The first-order chi connectivity index (χ1) is 17.1. The number of benzene rings is 2. The molecule has 0 amide bonds. The number of piperazine rings is 1. The van der Waals surface area contributed by atoms with Crippen molar-refractivity contribution < 1.29 is 4.74 Å². The Labute approximate surface area is 214 Å². The molecule has 2 N–H and O–H groups in total. The van der Waals surface area contributed by atoms with Crippen molar-refractivity contribution >= 4 is 51.9 Å². The van der Waals surface area contributed by atoms with E-state index in [0.29, 0.717) is 22.8 Å². The Bertz CT molecular complexity index is 1530. The molecule has 0 bridgehead atoms. The molecule has 11 heteroatoms. The van der Waals surface area contributed by atoms with Crippen LogP contribution < -0.4 is 20.3 Å². The Kier molecular flexibility index (Phi) is 6.53. The highest BCUT2D eigenvalue weighted by atomic mass is 35.5. The van der Waals surface area contributed by atoms with E-state index in [1.54, 1.807) is 12.5 Å². The van der Waals surface area contributed by atoms with Gasteiger partial charge in [0.05, 0.1) is 23.6 Å². The molecule has 1 aliphatic rings. The number of fused-ring (bicyclic) bond motifs is 2. The quantitative estimate of drug-likeness (QED) is 0.368. The molecule has 4 heterocycles. The first-order valence-electron chi connectivity index (χ1n) is 11.5. The van der Waals surface area contributed by atoms with E-state index >= 15 is 0 Å². The van der Waals surface area contributed by atoms with Crippen molar-refractivity contribution in [3.05, 3.63) is 60.8 Å². The van der Waals surface area contributed by atoms with E-state index in [1.807, 2.05) is 54.9 Å². The minimum Gasteiger partial charge on any atom is -0.457 e. The first-order valence-corrected chi connectivity index (χ1v) is 11.5. The second kappa shape index (κ2) is 9.92. The lowest BCUT2D eigenvalue weighted by Crippen LogP contribution is -2.44. The van der Waals surface area contributed by atoms with Crippen molar-refractivity contribution in [1.82, 2.24) is 34.8 Å². The number of aryl methyl sites for hydroxylation is 2. The second-order valence-corrected chi connectivity index (χ2v) is 8.58. The number of hydrogen-bond donors (Lipinski definition) is 2. The number of nitrogens with one attached hydrogen (secondary N) is 2. The minimum atomic E-state index is 0. The number of imidazole rings is 1. The van der Waals surface area contributed by atoms with Crippen molar-refractivity contribution in [2.45, 2.75) is 6.92 Å². The maximum absolute atomic E-state index is 6.15. The van der Waals surface area contributed by atoms with Gasteiger partial charge in [-0.15, -0.1) is 12.4 Å². The first kappa shape index (κ1) is 23.7. The zero-order chi connectivity index (χ0) is 23.8. The molecule has 3 aromatic heterocycles. The zero-order valence-electron chi connectivity index (χ0n) is 20.0. The Balaban J connectivity index is 0.00000267. The Morgan fingerprint density at radius 1 is 0.972 bits per heavy atom. The number of halogens is 1. The highest BCUT2D eigenvalue weighted by molar-refractivity contribution is 5.87. The predicted octanol–water partition coefficient (Wildman–Crippen LogP) is 3.98. The normalized spacial score (nSPS) is 13.6. The molecule has 0 saturated carbocycles. The van der Waals surface area contributed by atoms with Crippen LogP contribution in [0.25, 0.3) is 22.1 Å². The monoisotopic (exact) mass is 503 g/mol. The van der Waals surface area contributed by atoms with Crippen molar-refractivity contribution in [2.24, 2.45) is 7.05 Å². The number of nitrogens with zero attached hydrogens (tertiary/aromatic N) is 7. The molecule has 1 saturated heterocycles. The van der Waals surface area contributed by atoms with E-state index in [9.17, 15) is 0 Å². The van der Waals surface area contributed by atoms with Crippen molar-refractivity contribution in [3.63, 3.8) is 0 Å². The summed E-state index contributed by atoms with van der Waals surface area (Å²) >= 11 is 0. The molecule has 36 heavy (non-hydrogen) atoms. The van der Waals surface area contributed by atoms with Crippen LogP contribution in [0.15, 0.2) is 55.2 Å². The van der Waals surface area contributed by atoms with Crippen LogP contribution in [0.3, 0.4) is 0 Å². The minimum absolute atomic E-state index is 0. The molecule has 184 valence electrons. The maximum Gasteiger partial charge on any atom is 0.226 e. The average Bonchev–Trinajstić information content (AvgIpc) is 3.26. The lowest BCUT2D eigenvalue weighted by molar-refractivity contribution is 0.479. The molecule has 1 fully saturated rings. The third-order valence-electron chi connectivity index (χ3n) is 6.13. The van der Waals surface area contributed by atoms with Gasteiger partial charge in [0.1, 0.15) is 28.9 Å². The molecule has 0 atom stereocenters. The smallest absolute Gasteiger partial charge is 0.226 e. The average molecular weight is 504 g/mol. The summed E-state index contributed by atoms with van der Waals surface area (Å²) in [6, 6.07) is 11.9. The van der Waals surface area contributed by atoms with Crippen molar-refractivity contribution in [2.75, 3.05) is 36.4 Å². The highest BCUT2D eigenvalue weighted by Crippen LogP contribution is 2.31. The number of rotatable bonds is 5. The van der Waals surface area contributed by atoms with Gasteiger partial charge in [0.15, 0.2) is 5.82 Å². The summed E-state index contributed by atoms with van der Waals surface area (Å²) in [5.74, 6) is 2.87. The van der Waals surface area contributed by atoms with E-state index < -0.39 is 0 Å². The van der Waals surface area contributed by atoms with E-state index in [4.69, 9.17) is 9.72 Å². The van der Waals surface area contributed by atoms with Gasteiger partial charge in [-0.25, -0.2) is 24.9 Å². The predicted molar refractivity (Wildman–Crippen MR) is 143 cm³/mol. The van der Waals surface area contributed by atoms with Crippen molar-refractivity contribution in [1.29, 1.82) is 0 Å². The van der Waals surface area contributed by atoms with Crippen LogP contribution in [-0.4, -0.2) is 55.7 Å². The third-order valence-corrected chi connectivity index (χ3v) is 6.13. The van der Waals surface area contributed by atoms with Gasteiger partial charge < -0.3 is 24.8 Å². The summed E-state index contributed by atoms with van der Waals surface area (Å²) in [6.07, 6.45) is 5.08. The molecule has 5 aromatic rings. The van der Waals surface area contributed by atoms with Gasteiger partial charge in [-0.2, -0.15) is 0 Å². The van der Waals surface area contributed by atoms with Crippen LogP contribution in [-0.2, 0) is 7.05 Å². The number of anilines is 3. The Morgan fingerprint density at radius 3 is 2.67 bits per heavy atom. The summed E-state index contributed by atoms with van der Waals surface area (Å²) < 4.78 is 8.14. The Morgan fingerprint density at radius 2 is 1.83 bits per heavy atom. The zero-order valence-corrected chi connectivity index (χ0v) is 20.8. The molecule has 2 aromatic carbocycles. The van der Waals surface area contributed by atoms with Gasteiger partial charge in [0.2, 0.25) is 5.95 Å². The Hall–Kier alpha value is -4.02. The third kappa shape index (κ3) is 4.60. The SMILES string of the molecule is Cc1cc(Nc2ncnc3cnc(N4CCNCC4)nc23)ccc1Oc1ccc2c(c1)ncn2C.Cl. The van der Waals surface area contributed by atoms with Crippen molar-refractivity contribution in [3.8, 4) is 11.5 Å². The van der Waals surface area contributed by atoms with Gasteiger partial charge in [-0.1, -0.05) is 0 Å². The van der Waals surface area contributed by atoms with E-state index in [0.717, 1.165) is 60.0 Å². The second-order valence-electron chi connectivity index (χ2n) is 8.58. The van der Waals surface area contributed by atoms with Crippen LogP contribution in [0.5, 0.6) is 11.5 Å². The number of ether oxygens (including phenoxy) is 1. The fourth-order valence-corrected chi connectivity index (χ4v) is 4.24. The van der Waals surface area contributed by atoms with Crippen LogP contribution in [0.2, 0.25) is 0 Å². The molecule has 0 spiro atoms. The van der Waals surface area contributed by atoms with Crippen LogP contribution >= 0.6 is 12.4 Å². The summed E-state index contributed by atoms with van der Waals surface area (Å²) in [5.41, 5.74) is 5.23. The fraction of sp³-hybridized carbons (Fsp3) is 0.240. The lowest BCUT2D eigenvalue weighted by Gasteiger charge is -2.27. The van der Waals surface area contributed by atoms with E-state index in [-0.39, 0.29) is 12.4 Å². The molecule has 0 radical (unpaired) electrons. The molecule has 10 nitrogen and oxygen atoms in total. The standard InChI is InChI=1S/C25H25N9O.ClH/c1-16-11-17(3-6-22(16)35-18-4-5-21-19(12-18)30-15-33(21)2)31-24-23-20(28-14-29-24)13-27-25(32-23)34-9-7-26-8-10-34;/h3-6,11-15,26H,7-10H2,1-2H3,(H,28,29,31);1H. The summed E-state index contributed by atoms with van der Waals surface area (Å²) in [6.45, 7) is 5.59. The molecule has 1 aliphatic heterocycles.